The molecule has 2 aromatic rings. The summed E-state index contributed by atoms with van der Waals surface area (Å²) in [4.78, 5) is 37.7. The molecule has 2 aromatic carbocycles. The molecular formula is C18H16ClN3O3. The van der Waals surface area contributed by atoms with Gasteiger partial charge >= 0.3 is 6.03 Å². The van der Waals surface area contributed by atoms with E-state index < -0.39 is 23.9 Å². The number of carbonyl (C=O) groups is 3. The zero-order valence-electron chi connectivity index (χ0n) is 13.5. The molecule has 1 fully saturated rings. The van der Waals surface area contributed by atoms with Crippen molar-refractivity contribution >= 4 is 35.1 Å². The molecule has 1 aliphatic heterocycles. The Bertz CT molecular complexity index is 839. The molecule has 0 aromatic heterocycles. The summed E-state index contributed by atoms with van der Waals surface area (Å²) in [7, 11) is 0. The molecule has 1 heterocycles. The van der Waals surface area contributed by atoms with Gasteiger partial charge in [-0.05, 0) is 36.2 Å². The Morgan fingerprint density at radius 3 is 2.60 bits per heavy atom. The van der Waals surface area contributed by atoms with Crippen molar-refractivity contribution in [3.63, 3.8) is 0 Å². The summed E-state index contributed by atoms with van der Waals surface area (Å²) in [6, 6.07) is 12.6. The lowest BCUT2D eigenvalue weighted by molar-refractivity contribution is -0.130. The molecule has 0 aliphatic carbocycles. The van der Waals surface area contributed by atoms with Crippen molar-refractivity contribution in [3.8, 4) is 0 Å². The fourth-order valence-electron chi connectivity index (χ4n) is 2.64. The number of nitrogens with zero attached hydrogens (tertiary/aromatic N) is 1. The predicted molar refractivity (Wildman–Crippen MR) is 94.2 cm³/mol. The summed E-state index contributed by atoms with van der Waals surface area (Å²) in [6.45, 7) is 1.46. The Kier molecular flexibility index (Phi) is 4.72. The van der Waals surface area contributed by atoms with Crippen LogP contribution in [0.2, 0.25) is 5.02 Å². The van der Waals surface area contributed by atoms with Crippen molar-refractivity contribution in [2.24, 2.45) is 0 Å². The van der Waals surface area contributed by atoms with E-state index in [0.717, 1.165) is 10.5 Å². The van der Waals surface area contributed by atoms with E-state index in [1.54, 1.807) is 49.4 Å². The van der Waals surface area contributed by atoms with Crippen molar-refractivity contribution in [2.75, 3.05) is 11.9 Å². The number of hydrogen-bond acceptors (Lipinski definition) is 3. The van der Waals surface area contributed by atoms with Crippen LogP contribution in [0.15, 0.2) is 48.5 Å². The zero-order valence-corrected chi connectivity index (χ0v) is 14.2. The number of halogens is 1. The van der Waals surface area contributed by atoms with Gasteiger partial charge in [0.25, 0.3) is 5.91 Å². The SMILES string of the molecule is Cc1cc(Cl)ccc1NC(=O)CN1C(=O)NC(c2ccccc2)C1=O. The highest BCUT2D eigenvalue weighted by molar-refractivity contribution is 6.30. The number of imide groups is 1. The van der Waals surface area contributed by atoms with E-state index >= 15 is 0 Å². The maximum atomic E-state index is 12.5. The van der Waals surface area contributed by atoms with E-state index in [4.69, 9.17) is 11.6 Å². The Labute approximate surface area is 149 Å². The first kappa shape index (κ1) is 17.0. The standard InChI is InChI=1S/C18H16ClN3O3/c1-11-9-13(19)7-8-14(11)20-15(23)10-22-17(24)16(21-18(22)25)12-5-3-2-4-6-12/h2-9,16H,10H2,1H3,(H,20,23)(H,21,25). The van der Waals surface area contributed by atoms with Crippen molar-refractivity contribution < 1.29 is 14.4 Å². The normalized spacial score (nSPS) is 16.7. The topological polar surface area (TPSA) is 78.5 Å². The summed E-state index contributed by atoms with van der Waals surface area (Å²) >= 11 is 5.88. The second kappa shape index (κ2) is 6.94. The van der Waals surface area contributed by atoms with Crippen LogP contribution in [-0.2, 0) is 9.59 Å². The van der Waals surface area contributed by atoms with Crippen LogP contribution in [0.1, 0.15) is 17.2 Å². The van der Waals surface area contributed by atoms with Crippen LogP contribution in [0.4, 0.5) is 10.5 Å². The first-order chi connectivity index (χ1) is 12.0. The van der Waals surface area contributed by atoms with Crippen molar-refractivity contribution in [2.45, 2.75) is 13.0 Å². The number of nitrogens with one attached hydrogen (secondary N) is 2. The zero-order chi connectivity index (χ0) is 18.0. The van der Waals surface area contributed by atoms with Gasteiger partial charge in [-0.2, -0.15) is 0 Å². The molecule has 1 unspecified atom stereocenters. The number of rotatable bonds is 4. The lowest BCUT2D eigenvalue weighted by Gasteiger charge is -2.14. The lowest BCUT2D eigenvalue weighted by atomic mass is 10.1. The van der Waals surface area contributed by atoms with Gasteiger partial charge in [-0.25, -0.2) is 4.79 Å². The minimum atomic E-state index is -0.765. The van der Waals surface area contributed by atoms with Gasteiger partial charge in [-0.15, -0.1) is 0 Å². The molecule has 0 spiro atoms. The van der Waals surface area contributed by atoms with E-state index in [0.29, 0.717) is 16.3 Å². The van der Waals surface area contributed by atoms with Gasteiger partial charge in [0.1, 0.15) is 12.6 Å². The van der Waals surface area contributed by atoms with Crippen LogP contribution < -0.4 is 10.6 Å². The van der Waals surface area contributed by atoms with Gasteiger partial charge < -0.3 is 10.6 Å². The Morgan fingerprint density at radius 2 is 1.92 bits per heavy atom. The maximum Gasteiger partial charge on any atom is 0.325 e. The largest absolute Gasteiger partial charge is 0.325 e. The molecule has 1 atom stereocenters. The molecule has 0 saturated carbocycles. The van der Waals surface area contributed by atoms with E-state index in [1.165, 1.54) is 0 Å². The van der Waals surface area contributed by atoms with Gasteiger partial charge in [0.05, 0.1) is 0 Å². The highest BCUT2D eigenvalue weighted by Gasteiger charge is 2.39. The smallest absolute Gasteiger partial charge is 0.324 e. The van der Waals surface area contributed by atoms with E-state index in [1.807, 2.05) is 6.07 Å². The minimum absolute atomic E-state index is 0.351. The van der Waals surface area contributed by atoms with Gasteiger partial charge in [-0.1, -0.05) is 41.9 Å². The van der Waals surface area contributed by atoms with Gasteiger partial charge in [0, 0.05) is 10.7 Å². The monoisotopic (exact) mass is 357 g/mol. The summed E-state index contributed by atoms with van der Waals surface area (Å²) in [5.74, 6) is -0.901. The summed E-state index contributed by atoms with van der Waals surface area (Å²) in [6.07, 6.45) is 0. The number of carbonyl (C=O) groups excluding carboxylic acids is 3. The molecule has 3 rings (SSSR count). The number of amides is 4. The second-order valence-electron chi connectivity index (χ2n) is 5.72. The van der Waals surface area contributed by atoms with Crippen molar-refractivity contribution in [3.05, 3.63) is 64.7 Å². The molecule has 0 radical (unpaired) electrons. The summed E-state index contributed by atoms with van der Waals surface area (Å²) < 4.78 is 0. The number of aryl methyl sites for hydroxylation is 1. The molecule has 4 amide bonds. The Hall–Kier alpha value is -2.86. The third-order valence-corrected chi connectivity index (χ3v) is 4.16. The molecule has 7 heteroatoms. The lowest BCUT2D eigenvalue weighted by Crippen LogP contribution is -2.38. The van der Waals surface area contributed by atoms with Crippen LogP contribution >= 0.6 is 11.6 Å². The van der Waals surface area contributed by atoms with E-state index in [-0.39, 0.29) is 6.54 Å². The molecule has 1 saturated heterocycles. The fraction of sp³-hybridized carbons (Fsp3) is 0.167. The van der Waals surface area contributed by atoms with Crippen LogP contribution in [0.3, 0.4) is 0 Å². The molecule has 128 valence electrons. The summed E-state index contributed by atoms with van der Waals surface area (Å²) in [5.41, 5.74) is 2.05. The highest BCUT2D eigenvalue weighted by Crippen LogP contribution is 2.22. The predicted octanol–water partition coefficient (Wildman–Crippen LogP) is 2.88. The van der Waals surface area contributed by atoms with Gasteiger partial charge in [0.2, 0.25) is 5.91 Å². The highest BCUT2D eigenvalue weighted by atomic mass is 35.5. The molecular weight excluding hydrogens is 342 g/mol. The van der Waals surface area contributed by atoms with Crippen LogP contribution in [-0.4, -0.2) is 29.3 Å². The third kappa shape index (κ3) is 3.64. The summed E-state index contributed by atoms with van der Waals surface area (Å²) in [5, 5.41) is 5.85. The molecule has 25 heavy (non-hydrogen) atoms. The fourth-order valence-corrected chi connectivity index (χ4v) is 2.87. The van der Waals surface area contributed by atoms with Gasteiger partial charge in [0.15, 0.2) is 0 Å². The second-order valence-corrected chi connectivity index (χ2v) is 6.16. The number of hydrogen-bond donors (Lipinski definition) is 2. The number of urea groups is 1. The first-order valence-corrected chi connectivity index (χ1v) is 8.06. The molecule has 1 aliphatic rings. The Balaban J connectivity index is 1.69. The van der Waals surface area contributed by atoms with Crippen LogP contribution in [0, 0.1) is 6.92 Å². The number of anilines is 1. The number of benzene rings is 2. The Morgan fingerprint density at radius 1 is 1.20 bits per heavy atom. The van der Waals surface area contributed by atoms with Crippen LogP contribution in [0.5, 0.6) is 0 Å². The molecule has 2 N–H and O–H groups in total. The maximum absolute atomic E-state index is 12.5. The van der Waals surface area contributed by atoms with E-state index in [2.05, 4.69) is 10.6 Å². The average Bonchev–Trinajstić information content (AvgIpc) is 2.86. The van der Waals surface area contributed by atoms with Crippen LogP contribution in [0.25, 0.3) is 0 Å². The average molecular weight is 358 g/mol. The molecule has 6 nitrogen and oxygen atoms in total. The van der Waals surface area contributed by atoms with Crippen molar-refractivity contribution in [1.82, 2.24) is 10.2 Å². The first-order valence-electron chi connectivity index (χ1n) is 7.68. The van der Waals surface area contributed by atoms with Gasteiger partial charge in [-0.3, -0.25) is 14.5 Å². The van der Waals surface area contributed by atoms with E-state index in [9.17, 15) is 14.4 Å². The minimum Gasteiger partial charge on any atom is -0.324 e. The quantitative estimate of drug-likeness (QED) is 0.826. The molecule has 0 bridgehead atoms. The third-order valence-electron chi connectivity index (χ3n) is 3.92. The van der Waals surface area contributed by atoms with Crippen molar-refractivity contribution in [1.29, 1.82) is 0 Å².